The highest BCUT2D eigenvalue weighted by atomic mass is 16.1. The van der Waals surface area contributed by atoms with Gasteiger partial charge in [-0.25, -0.2) is 19.6 Å². The molecule has 0 aromatic heterocycles. The molecule has 0 aromatic rings. The van der Waals surface area contributed by atoms with E-state index in [0.717, 1.165) is 25.7 Å². The van der Waals surface area contributed by atoms with E-state index in [1.165, 1.54) is 12.2 Å². The third-order valence-electron chi connectivity index (χ3n) is 2.24. The average Bonchev–Trinajstić information content (AvgIpc) is 2.22. The summed E-state index contributed by atoms with van der Waals surface area (Å²) in [6.45, 7) is 3.22. The van der Waals surface area contributed by atoms with Gasteiger partial charge in [0.1, 0.15) is 0 Å². The smallest absolute Gasteiger partial charge is 0.211 e. The van der Waals surface area contributed by atoms with Crippen LogP contribution in [0.5, 0.6) is 0 Å². The topological polar surface area (TPSA) is 58.9 Å². The number of nitrogens with zero attached hydrogens (tertiary/aromatic N) is 2. The first-order chi connectivity index (χ1) is 6.85. The summed E-state index contributed by atoms with van der Waals surface area (Å²) in [5.41, 5.74) is 0. The lowest BCUT2D eigenvalue weighted by atomic mass is 9.97. The van der Waals surface area contributed by atoms with Gasteiger partial charge in [0.25, 0.3) is 0 Å². The first kappa shape index (κ1) is 12.8. The van der Waals surface area contributed by atoms with Crippen molar-refractivity contribution in [2.75, 3.05) is 13.1 Å². The lowest BCUT2D eigenvalue weighted by Crippen LogP contribution is -2.01. The van der Waals surface area contributed by atoms with Gasteiger partial charge in [-0.15, -0.1) is 0 Å². The van der Waals surface area contributed by atoms with Crippen molar-refractivity contribution in [1.82, 2.24) is 0 Å². The van der Waals surface area contributed by atoms with Gasteiger partial charge in [0.15, 0.2) is 0 Å². The van der Waals surface area contributed by atoms with Gasteiger partial charge in [-0.1, -0.05) is 13.3 Å². The van der Waals surface area contributed by atoms with Crippen molar-refractivity contribution in [3.05, 3.63) is 0 Å². The SMILES string of the molecule is CCC(CCCN=C=O)CCN=C=O. The Labute approximate surface area is 84.1 Å². The Morgan fingerprint density at radius 2 is 1.71 bits per heavy atom. The van der Waals surface area contributed by atoms with Crippen molar-refractivity contribution in [3.8, 4) is 0 Å². The molecule has 0 N–H and O–H groups in total. The van der Waals surface area contributed by atoms with E-state index in [1.807, 2.05) is 0 Å². The third-order valence-corrected chi connectivity index (χ3v) is 2.24. The van der Waals surface area contributed by atoms with Gasteiger partial charge < -0.3 is 0 Å². The van der Waals surface area contributed by atoms with E-state index in [-0.39, 0.29) is 0 Å². The fourth-order valence-corrected chi connectivity index (χ4v) is 1.35. The van der Waals surface area contributed by atoms with Gasteiger partial charge in [-0.3, -0.25) is 0 Å². The van der Waals surface area contributed by atoms with Crippen molar-refractivity contribution in [2.24, 2.45) is 15.9 Å². The predicted molar refractivity (Wildman–Crippen MR) is 53.6 cm³/mol. The Morgan fingerprint density at radius 3 is 2.29 bits per heavy atom. The molecule has 4 nitrogen and oxygen atoms in total. The fourth-order valence-electron chi connectivity index (χ4n) is 1.35. The molecule has 14 heavy (non-hydrogen) atoms. The molecule has 78 valence electrons. The van der Waals surface area contributed by atoms with Gasteiger partial charge in [-0.2, -0.15) is 0 Å². The Morgan fingerprint density at radius 1 is 1.07 bits per heavy atom. The first-order valence-corrected chi connectivity index (χ1v) is 4.92. The maximum Gasteiger partial charge on any atom is 0.234 e. The number of isocyanates is 2. The molecular formula is C10H16N2O2. The van der Waals surface area contributed by atoms with Crippen LogP contribution in [0.1, 0.15) is 32.6 Å². The minimum absolute atomic E-state index is 0.553. The molecule has 0 aliphatic rings. The van der Waals surface area contributed by atoms with Gasteiger partial charge >= 0.3 is 0 Å². The maximum atomic E-state index is 9.82. The van der Waals surface area contributed by atoms with Crippen molar-refractivity contribution >= 4 is 12.2 Å². The standard InChI is InChI=1S/C10H16N2O2/c1-2-10(5-7-12-9-14)4-3-6-11-8-13/h10H,2-7H2,1H3. The van der Waals surface area contributed by atoms with E-state index in [9.17, 15) is 9.59 Å². The van der Waals surface area contributed by atoms with Crippen LogP contribution >= 0.6 is 0 Å². The number of rotatable bonds is 8. The van der Waals surface area contributed by atoms with E-state index in [0.29, 0.717) is 19.0 Å². The second kappa shape index (κ2) is 9.85. The summed E-state index contributed by atoms with van der Waals surface area (Å²) in [6.07, 6.45) is 6.95. The minimum Gasteiger partial charge on any atom is -0.211 e. The van der Waals surface area contributed by atoms with Crippen LogP contribution in [0.2, 0.25) is 0 Å². The average molecular weight is 196 g/mol. The first-order valence-electron chi connectivity index (χ1n) is 4.92. The zero-order valence-corrected chi connectivity index (χ0v) is 8.53. The van der Waals surface area contributed by atoms with Crippen LogP contribution in [0.3, 0.4) is 0 Å². The van der Waals surface area contributed by atoms with Crippen LogP contribution in [0.25, 0.3) is 0 Å². The molecule has 0 amide bonds. The minimum atomic E-state index is 0.553. The molecule has 0 heterocycles. The molecule has 4 heteroatoms. The molecule has 0 aliphatic carbocycles. The van der Waals surface area contributed by atoms with Crippen molar-refractivity contribution < 1.29 is 9.59 Å². The summed E-state index contributed by atoms with van der Waals surface area (Å²) in [6, 6.07) is 0. The maximum absolute atomic E-state index is 9.82. The fraction of sp³-hybridized carbons (Fsp3) is 0.800. The number of hydrogen-bond acceptors (Lipinski definition) is 4. The van der Waals surface area contributed by atoms with Crippen LogP contribution in [0.15, 0.2) is 9.98 Å². The van der Waals surface area contributed by atoms with Crippen LogP contribution < -0.4 is 0 Å². The molecule has 0 fully saturated rings. The van der Waals surface area contributed by atoms with E-state index >= 15 is 0 Å². The Bertz CT molecular complexity index is 228. The molecule has 0 spiro atoms. The summed E-state index contributed by atoms with van der Waals surface area (Å²) < 4.78 is 0. The molecule has 0 aliphatic heterocycles. The van der Waals surface area contributed by atoms with Gasteiger partial charge in [0.2, 0.25) is 12.2 Å². The van der Waals surface area contributed by atoms with E-state index in [4.69, 9.17) is 0 Å². The second-order valence-corrected chi connectivity index (χ2v) is 3.15. The largest absolute Gasteiger partial charge is 0.234 e. The second-order valence-electron chi connectivity index (χ2n) is 3.15. The van der Waals surface area contributed by atoms with Crippen LogP contribution in [0, 0.1) is 5.92 Å². The summed E-state index contributed by atoms with van der Waals surface area (Å²) >= 11 is 0. The number of aliphatic imine (C=N–C) groups is 2. The molecule has 0 rings (SSSR count). The lowest BCUT2D eigenvalue weighted by Gasteiger charge is -2.11. The van der Waals surface area contributed by atoms with Crippen LogP contribution in [-0.4, -0.2) is 25.2 Å². The van der Waals surface area contributed by atoms with Crippen LogP contribution in [0.4, 0.5) is 0 Å². The van der Waals surface area contributed by atoms with Crippen molar-refractivity contribution in [3.63, 3.8) is 0 Å². The predicted octanol–water partition coefficient (Wildman–Crippen LogP) is 1.85. The Balaban J connectivity index is 3.56. The van der Waals surface area contributed by atoms with Gasteiger partial charge in [0.05, 0.1) is 13.1 Å². The molecule has 0 bridgehead atoms. The highest BCUT2D eigenvalue weighted by Gasteiger charge is 2.04. The molecule has 0 radical (unpaired) electrons. The van der Waals surface area contributed by atoms with E-state index in [2.05, 4.69) is 16.9 Å². The Kier molecular flexibility index (Phi) is 8.97. The highest BCUT2D eigenvalue weighted by Crippen LogP contribution is 2.15. The summed E-state index contributed by atoms with van der Waals surface area (Å²) in [4.78, 5) is 26.6. The quantitative estimate of drug-likeness (QED) is 0.338. The van der Waals surface area contributed by atoms with Crippen molar-refractivity contribution in [1.29, 1.82) is 0 Å². The third kappa shape index (κ3) is 7.41. The monoisotopic (exact) mass is 196 g/mol. The Hall–Kier alpha value is -1.24. The molecule has 0 saturated heterocycles. The van der Waals surface area contributed by atoms with Gasteiger partial charge in [-0.05, 0) is 25.2 Å². The highest BCUT2D eigenvalue weighted by molar-refractivity contribution is 5.32. The van der Waals surface area contributed by atoms with E-state index < -0.39 is 0 Å². The van der Waals surface area contributed by atoms with Crippen molar-refractivity contribution in [2.45, 2.75) is 32.6 Å². The van der Waals surface area contributed by atoms with Crippen LogP contribution in [-0.2, 0) is 9.59 Å². The summed E-state index contributed by atoms with van der Waals surface area (Å²) in [7, 11) is 0. The number of hydrogen-bond donors (Lipinski definition) is 0. The molecule has 0 saturated carbocycles. The zero-order chi connectivity index (χ0) is 10.6. The molecule has 1 unspecified atom stereocenters. The summed E-state index contributed by atoms with van der Waals surface area (Å²) in [5.74, 6) is 0.564. The lowest BCUT2D eigenvalue weighted by molar-refractivity contribution is 0.432. The zero-order valence-electron chi connectivity index (χ0n) is 8.53. The van der Waals surface area contributed by atoms with E-state index in [1.54, 1.807) is 0 Å². The number of carbonyl (C=O) groups excluding carboxylic acids is 2. The molecule has 0 aromatic carbocycles. The molecule has 1 atom stereocenters. The normalized spacial score (nSPS) is 11.2. The molecular weight excluding hydrogens is 180 g/mol. The van der Waals surface area contributed by atoms with Gasteiger partial charge in [0, 0.05) is 0 Å². The summed E-state index contributed by atoms with van der Waals surface area (Å²) in [5, 5.41) is 0.